The van der Waals surface area contributed by atoms with Crippen LogP contribution in [0.2, 0.25) is 0 Å². The number of amides is 2. The van der Waals surface area contributed by atoms with E-state index in [9.17, 15) is 13.2 Å². The first kappa shape index (κ1) is 24.7. The molecule has 3 heterocycles. The van der Waals surface area contributed by atoms with Gasteiger partial charge < -0.3 is 10.2 Å². The molecule has 2 N–H and O–H groups in total. The van der Waals surface area contributed by atoms with E-state index in [1.807, 2.05) is 0 Å². The van der Waals surface area contributed by atoms with Crippen molar-refractivity contribution in [3.8, 4) is 0 Å². The Morgan fingerprint density at radius 2 is 1.52 bits per heavy atom. The van der Waals surface area contributed by atoms with Gasteiger partial charge in [-0.2, -0.15) is 0 Å². The van der Waals surface area contributed by atoms with Gasteiger partial charge in [0.25, 0.3) is 0 Å². The molecule has 0 saturated carbocycles. The molecule has 5 aliphatic rings. The van der Waals surface area contributed by atoms with Gasteiger partial charge in [-0.1, -0.05) is 6.07 Å². The van der Waals surface area contributed by atoms with Crippen LogP contribution in [-0.2, 0) is 35.7 Å². The molecule has 3 saturated heterocycles. The molecule has 3 atom stereocenters. The Hall–Kier alpha value is -0.00364. The number of benzene rings is 1. The Morgan fingerprint density at radius 3 is 2.06 bits per heavy atom. The van der Waals surface area contributed by atoms with Crippen molar-refractivity contribution < 1.29 is 13.2 Å². The summed E-state index contributed by atoms with van der Waals surface area (Å²) >= 11 is 0. The van der Waals surface area contributed by atoms with Crippen LogP contribution in [0.5, 0.6) is 0 Å². The van der Waals surface area contributed by atoms with Crippen LogP contribution in [0, 0.1) is 0 Å². The largest absolute Gasteiger partial charge is 0.332 e. The fraction of sp³-hybridized carbons (Fsp3) is 0.708. The number of carbonyl (C=O) groups excluding carboxylic acids is 1. The Bertz CT molecular complexity index is 1010. The van der Waals surface area contributed by atoms with E-state index in [4.69, 9.17) is 0 Å². The summed E-state index contributed by atoms with van der Waals surface area (Å²) in [4.78, 5) is 17.8. The number of nitrogens with one attached hydrogen (secondary N) is 2. The van der Waals surface area contributed by atoms with Gasteiger partial charge in [-0.15, -0.1) is 0 Å². The number of sulfonamides is 1. The zero-order valence-electron chi connectivity index (χ0n) is 19.9. The molecule has 2 amide bonds. The Balaban J connectivity index is 0.00000228. The van der Waals surface area contributed by atoms with Crippen LogP contribution in [-0.4, -0.2) is 119 Å². The summed E-state index contributed by atoms with van der Waals surface area (Å²) in [5, 5.41) is 2.50. The van der Waals surface area contributed by atoms with Crippen molar-refractivity contribution in [2.45, 2.75) is 87.6 Å². The van der Waals surface area contributed by atoms with Crippen LogP contribution in [0.3, 0.4) is 0 Å². The van der Waals surface area contributed by atoms with Crippen molar-refractivity contribution >= 4 is 73.1 Å². The van der Waals surface area contributed by atoms with E-state index in [0.717, 1.165) is 70.1 Å². The zero-order valence-corrected chi connectivity index (χ0v) is 23.8. The van der Waals surface area contributed by atoms with E-state index in [-0.39, 0.29) is 51.4 Å². The fourth-order valence-corrected chi connectivity index (χ4v) is 8.61. The summed E-state index contributed by atoms with van der Waals surface area (Å²) in [6.07, 6.45) is 9.65. The first-order chi connectivity index (χ1) is 15.4. The number of hydrogen-bond donors (Lipinski definition) is 2. The number of anilines is 1. The number of carbonyl (C=O) groups is 1. The Morgan fingerprint density at radius 1 is 0.939 bits per heavy atom. The number of aryl methyl sites for hydroxylation is 2. The number of nitrogens with zero attached hydrogens (tertiary/aromatic N) is 2. The maximum absolute atomic E-state index is 13.2. The smallest absolute Gasteiger partial charge is 0.307 e. The van der Waals surface area contributed by atoms with E-state index in [1.165, 1.54) is 22.3 Å². The summed E-state index contributed by atoms with van der Waals surface area (Å²) < 4.78 is 28.8. The number of fused-ring (bicyclic) bond motifs is 4. The molecule has 33 heavy (non-hydrogen) atoms. The molecule has 1 aromatic rings. The second kappa shape index (κ2) is 9.46. The average molecular weight is 498 g/mol. The average Bonchev–Trinajstić information content (AvgIpc) is 3.42. The first-order valence-corrected chi connectivity index (χ1v) is 13.9. The molecular formula is C24H34KN4O3S. The molecule has 1 radical (unpaired) electrons. The van der Waals surface area contributed by atoms with Gasteiger partial charge in [-0.05, 0) is 93.5 Å². The summed E-state index contributed by atoms with van der Waals surface area (Å²) in [7, 11) is -1.57. The number of hydrogen-bond acceptors (Lipinski definition) is 5. The van der Waals surface area contributed by atoms with Gasteiger partial charge >= 0.3 is 6.03 Å². The molecule has 7 nitrogen and oxygen atoms in total. The second-order valence-corrected chi connectivity index (χ2v) is 12.6. The van der Waals surface area contributed by atoms with Crippen LogP contribution in [0.4, 0.5) is 10.5 Å². The molecule has 1 aromatic carbocycles. The van der Waals surface area contributed by atoms with Crippen LogP contribution >= 0.6 is 0 Å². The monoisotopic (exact) mass is 497 g/mol. The quantitative estimate of drug-likeness (QED) is 0.623. The number of urea groups is 1. The van der Waals surface area contributed by atoms with Gasteiger partial charge in [-0.25, -0.2) is 17.9 Å². The summed E-state index contributed by atoms with van der Waals surface area (Å²) in [5.41, 5.74) is 5.98. The molecule has 0 spiro atoms. The minimum absolute atomic E-state index is 0. The third kappa shape index (κ3) is 4.50. The third-order valence-electron chi connectivity index (χ3n) is 8.60. The maximum Gasteiger partial charge on any atom is 0.332 e. The van der Waals surface area contributed by atoms with Crippen molar-refractivity contribution in [1.29, 1.82) is 0 Å². The fourth-order valence-electron chi connectivity index (χ4n) is 7.19. The topological polar surface area (TPSA) is 81.8 Å². The van der Waals surface area contributed by atoms with Gasteiger partial charge in [0, 0.05) is 88.3 Å². The van der Waals surface area contributed by atoms with Crippen molar-refractivity contribution in [1.82, 2.24) is 14.5 Å². The SMILES string of the molecule is CN1CC(N2[C@@H]3CC[C@H]2CC(S(=O)(=O)NC(=O)Nc2c4c(cc5c2CCC5)CCC4)C3)C1.[K]. The normalized spacial score (nSPS) is 29.2. The Labute approximate surface area is 239 Å². The van der Waals surface area contributed by atoms with E-state index in [0.29, 0.717) is 31.0 Å². The van der Waals surface area contributed by atoms with Crippen LogP contribution in [0.15, 0.2) is 6.07 Å². The molecule has 6 rings (SSSR count). The van der Waals surface area contributed by atoms with Crippen LogP contribution in [0.25, 0.3) is 0 Å². The summed E-state index contributed by atoms with van der Waals surface area (Å²) in [6, 6.07) is 2.96. The first-order valence-electron chi connectivity index (χ1n) is 12.3. The minimum atomic E-state index is -3.70. The van der Waals surface area contributed by atoms with Crippen LogP contribution in [0.1, 0.15) is 60.8 Å². The van der Waals surface area contributed by atoms with E-state index in [2.05, 4.69) is 33.0 Å². The minimum Gasteiger partial charge on any atom is -0.307 e. The molecule has 9 heteroatoms. The van der Waals surface area contributed by atoms with Gasteiger partial charge in [0.2, 0.25) is 10.0 Å². The van der Waals surface area contributed by atoms with E-state index < -0.39 is 21.3 Å². The van der Waals surface area contributed by atoms with Crippen molar-refractivity contribution in [3.63, 3.8) is 0 Å². The Kier molecular flexibility index (Phi) is 7.08. The van der Waals surface area contributed by atoms with E-state index in [1.54, 1.807) is 0 Å². The van der Waals surface area contributed by atoms with Crippen LogP contribution < -0.4 is 10.0 Å². The van der Waals surface area contributed by atoms with Gasteiger partial charge in [0.15, 0.2) is 0 Å². The predicted octanol–water partition coefficient (Wildman–Crippen LogP) is 2.04. The molecule has 2 bridgehead atoms. The summed E-state index contributed by atoms with van der Waals surface area (Å²) in [5.74, 6) is 0. The molecule has 175 valence electrons. The second-order valence-electron chi connectivity index (χ2n) is 10.6. The number of likely N-dealkylation sites (tertiary alicyclic amines) is 1. The third-order valence-corrected chi connectivity index (χ3v) is 10.3. The predicted molar refractivity (Wildman–Crippen MR) is 130 cm³/mol. The maximum atomic E-state index is 13.2. The van der Waals surface area contributed by atoms with Crippen molar-refractivity contribution in [2.75, 3.05) is 25.5 Å². The molecule has 3 fully saturated rings. The van der Waals surface area contributed by atoms with Gasteiger partial charge in [-0.3, -0.25) is 4.90 Å². The molecule has 1 unspecified atom stereocenters. The molecule has 0 aromatic heterocycles. The zero-order chi connectivity index (χ0) is 22.0. The van der Waals surface area contributed by atoms with Crippen molar-refractivity contribution in [3.05, 3.63) is 28.3 Å². The van der Waals surface area contributed by atoms with E-state index >= 15 is 0 Å². The van der Waals surface area contributed by atoms with Crippen molar-refractivity contribution in [2.24, 2.45) is 0 Å². The number of rotatable bonds is 4. The van der Waals surface area contributed by atoms with Gasteiger partial charge in [0.1, 0.15) is 0 Å². The molecular weight excluding hydrogens is 463 g/mol. The standard InChI is InChI=1S/C24H34N4O3S.K/c1-27-13-19(14-27)28-17-8-9-18(28)12-20(11-17)32(30,31)26-24(29)25-23-21-6-2-4-15(21)10-16-5-3-7-22(16)23;/h10,17-20H,2-9,11-14H2,1H3,(H2,25,26,29);/t17-,18+,20?;. The summed E-state index contributed by atoms with van der Waals surface area (Å²) in [6.45, 7) is 2.16. The number of piperidine rings is 1. The van der Waals surface area contributed by atoms with Gasteiger partial charge in [0.05, 0.1) is 5.25 Å². The number of likely N-dealkylation sites (N-methyl/N-ethyl adjacent to an activating group) is 1. The molecule has 2 aliphatic carbocycles. The molecule has 3 aliphatic heterocycles.